The van der Waals surface area contributed by atoms with Crippen molar-refractivity contribution in [1.29, 1.82) is 0 Å². The smallest absolute Gasteiger partial charge is 0.362 e. The van der Waals surface area contributed by atoms with E-state index in [1.54, 1.807) is 0 Å². The van der Waals surface area contributed by atoms with E-state index in [1.807, 2.05) is 0 Å². The third-order valence-electron chi connectivity index (χ3n) is 2.75. The predicted molar refractivity (Wildman–Crippen MR) is 80.4 cm³/mol. The Morgan fingerprint density at radius 2 is 1.55 bits per heavy atom. The van der Waals surface area contributed by atoms with E-state index in [1.165, 1.54) is 19.3 Å². The lowest BCUT2D eigenvalue weighted by Crippen LogP contribution is -2.17. The van der Waals surface area contributed by atoms with E-state index in [9.17, 15) is 8.42 Å². The van der Waals surface area contributed by atoms with Gasteiger partial charge < -0.3 is 9.80 Å². The van der Waals surface area contributed by atoms with Crippen LogP contribution in [0.2, 0.25) is 0 Å². The van der Waals surface area contributed by atoms with Crippen LogP contribution in [0, 0.1) is 0 Å². The first-order chi connectivity index (χ1) is 9.35. The van der Waals surface area contributed by atoms with Crippen molar-refractivity contribution in [2.75, 3.05) is 27.4 Å². The summed E-state index contributed by atoms with van der Waals surface area (Å²) < 4.78 is 32.6. The summed E-state index contributed by atoms with van der Waals surface area (Å²) in [5, 5.41) is 0. The van der Waals surface area contributed by atoms with E-state index in [0.717, 1.165) is 19.5 Å². The van der Waals surface area contributed by atoms with Gasteiger partial charge in [0, 0.05) is 26.5 Å². The van der Waals surface area contributed by atoms with E-state index >= 15 is 0 Å². The molecular formula is C13H28N2O4S. The van der Waals surface area contributed by atoms with Gasteiger partial charge >= 0.3 is 10.4 Å². The summed E-state index contributed by atoms with van der Waals surface area (Å²) in [4.78, 5) is 4.25. The molecule has 0 radical (unpaired) electrons. The maximum atomic E-state index is 10.1. The van der Waals surface area contributed by atoms with Crippen LogP contribution in [0.15, 0.2) is 12.4 Å². The molecule has 0 bridgehead atoms. The molecule has 0 unspecified atom stereocenters. The normalized spacial score (nSPS) is 14.4. The van der Waals surface area contributed by atoms with Crippen molar-refractivity contribution < 1.29 is 17.2 Å². The van der Waals surface area contributed by atoms with Gasteiger partial charge in [-0.05, 0) is 6.42 Å². The number of hydrogen-bond acceptors (Lipinski definition) is 5. The molecule has 0 aliphatic carbocycles. The number of unbranched alkanes of at least 4 members (excludes halogenated alkanes) is 5. The van der Waals surface area contributed by atoms with Crippen LogP contribution in [-0.2, 0) is 14.6 Å². The molecule has 0 aromatic heterocycles. The zero-order valence-electron chi connectivity index (χ0n) is 12.8. The van der Waals surface area contributed by atoms with E-state index < -0.39 is 10.4 Å². The Labute approximate surface area is 123 Å². The molecule has 0 atom stereocenters. The second kappa shape index (κ2) is 10.9. The summed E-state index contributed by atoms with van der Waals surface area (Å²) in [5.74, 6) is 0. The summed E-state index contributed by atoms with van der Waals surface area (Å²) in [6.45, 7) is 3.26. The van der Waals surface area contributed by atoms with Gasteiger partial charge in [-0.3, -0.25) is 4.55 Å². The van der Waals surface area contributed by atoms with Crippen molar-refractivity contribution in [2.24, 2.45) is 0 Å². The quantitative estimate of drug-likeness (QED) is 0.548. The van der Waals surface area contributed by atoms with Gasteiger partial charge in [-0.25, -0.2) is 4.18 Å². The minimum atomic E-state index is -4.22. The molecule has 1 aliphatic rings. The highest BCUT2D eigenvalue weighted by molar-refractivity contribution is 7.80. The zero-order valence-corrected chi connectivity index (χ0v) is 13.6. The third-order valence-corrected chi connectivity index (χ3v) is 3.22. The Morgan fingerprint density at radius 3 is 1.95 bits per heavy atom. The van der Waals surface area contributed by atoms with Crippen LogP contribution >= 0.6 is 0 Å². The Balaban J connectivity index is 0.000000428. The average molecular weight is 308 g/mol. The maximum Gasteiger partial charge on any atom is 0.397 e. The highest BCUT2D eigenvalue weighted by Crippen LogP contribution is 2.05. The molecule has 0 saturated heterocycles. The van der Waals surface area contributed by atoms with Crippen molar-refractivity contribution in [3.05, 3.63) is 12.4 Å². The Morgan fingerprint density at radius 1 is 1.05 bits per heavy atom. The number of nitrogens with zero attached hydrogens (tertiary/aromatic N) is 2. The summed E-state index contributed by atoms with van der Waals surface area (Å²) >= 11 is 0. The van der Waals surface area contributed by atoms with Gasteiger partial charge in [-0.15, -0.1) is 0 Å². The highest BCUT2D eigenvalue weighted by atomic mass is 32.3. The SMILES string of the molecule is CCCCCCCCOS(=O)(=O)O.CN1C=CN(C)C1. The van der Waals surface area contributed by atoms with Gasteiger partial charge in [-0.2, -0.15) is 8.42 Å². The first-order valence-corrected chi connectivity index (χ1v) is 8.42. The summed E-state index contributed by atoms with van der Waals surface area (Å²) in [6, 6.07) is 0. The lowest BCUT2D eigenvalue weighted by atomic mass is 10.1. The van der Waals surface area contributed by atoms with Crippen molar-refractivity contribution >= 4 is 10.4 Å². The fraction of sp³-hybridized carbons (Fsp3) is 0.846. The largest absolute Gasteiger partial charge is 0.397 e. The topological polar surface area (TPSA) is 70.1 Å². The number of hydrogen-bond donors (Lipinski definition) is 1. The predicted octanol–water partition coefficient (Wildman–Crippen LogP) is 2.46. The molecule has 0 aromatic carbocycles. The van der Waals surface area contributed by atoms with Crippen molar-refractivity contribution in [3.63, 3.8) is 0 Å². The summed E-state index contributed by atoms with van der Waals surface area (Å²) in [5.41, 5.74) is 0. The van der Waals surface area contributed by atoms with Gasteiger partial charge in [0.15, 0.2) is 0 Å². The van der Waals surface area contributed by atoms with Crippen LogP contribution in [-0.4, -0.2) is 50.1 Å². The lowest BCUT2D eigenvalue weighted by Gasteiger charge is -2.10. The Bertz CT molecular complexity index is 347. The van der Waals surface area contributed by atoms with Crippen molar-refractivity contribution in [3.8, 4) is 0 Å². The molecule has 1 aliphatic heterocycles. The van der Waals surface area contributed by atoms with Gasteiger partial charge in [0.1, 0.15) is 0 Å². The molecule has 0 amide bonds. The Kier molecular flexibility index (Phi) is 10.5. The lowest BCUT2D eigenvalue weighted by molar-refractivity contribution is 0.261. The molecule has 1 heterocycles. The van der Waals surface area contributed by atoms with Gasteiger partial charge in [-0.1, -0.05) is 39.0 Å². The van der Waals surface area contributed by atoms with Crippen LogP contribution in [0.1, 0.15) is 45.4 Å². The fourth-order valence-corrected chi connectivity index (χ4v) is 2.05. The molecule has 0 spiro atoms. The minimum Gasteiger partial charge on any atom is -0.362 e. The van der Waals surface area contributed by atoms with Crippen molar-refractivity contribution in [1.82, 2.24) is 9.80 Å². The Hall–Kier alpha value is -0.790. The zero-order chi connectivity index (χ0) is 15.4. The monoisotopic (exact) mass is 308 g/mol. The first-order valence-electron chi connectivity index (χ1n) is 7.05. The molecule has 0 aromatic rings. The van der Waals surface area contributed by atoms with Gasteiger partial charge in [0.2, 0.25) is 0 Å². The van der Waals surface area contributed by atoms with E-state index in [4.69, 9.17) is 4.55 Å². The standard InChI is InChI=1S/C8H18O4S.C5H10N2/c1-2-3-4-5-6-7-8-12-13(9,10)11;1-6-3-4-7(2)5-6/h2-8H2,1H3,(H,9,10,11);3-4H,5H2,1-2H3. The summed E-state index contributed by atoms with van der Waals surface area (Å²) in [6.07, 6.45) is 10.4. The second-order valence-corrected chi connectivity index (χ2v) is 6.06. The molecule has 1 rings (SSSR count). The first kappa shape index (κ1) is 19.2. The van der Waals surface area contributed by atoms with Crippen LogP contribution in [0.5, 0.6) is 0 Å². The fourth-order valence-electron chi connectivity index (χ4n) is 1.72. The maximum absolute atomic E-state index is 10.1. The minimum absolute atomic E-state index is 0.0883. The van der Waals surface area contributed by atoms with Crippen LogP contribution in [0.25, 0.3) is 0 Å². The third kappa shape index (κ3) is 13.6. The molecular weight excluding hydrogens is 280 g/mol. The second-order valence-electron chi connectivity index (χ2n) is 4.97. The molecule has 6 nitrogen and oxygen atoms in total. The molecule has 1 N–H and O–H groups in total. The van der Waals surface area contributed by atoms with E-state index in [0.29, 0.717) is 6.42 Å². The van der Waals surface area contributed by atoms with Crippen LogP contribution in [0.3, 0.4) is 0 Å². The molecule has 120 valence electrons. The molecule has 0 saturated carbocycles. The van der Waals surface area contributed by atoms with Gasteiger partial charge in [0.05, 0.1) is 13.3 Å². The van der Waals surface area contributed by atoms with Gasteiger partial charge in [0.25, 0.3) is 0 Å². The van der Waals surface area contributed by atoms with E-state index in [-0.39, 0.29) is 6.61 Å². The summed E-state index contributed by atoms with van der Waals surface area (Å²) in [7, 11) is -0.110. The molecule has 20 heavy (non-hydrogen) atoms. The van der Waals surface area contributed by atoms with Crippen LogP contribution in [0.4, 0.5) is 0 Å². The average Bonchev–Trinajstić information content (AvgIpc) is 2.71. The van der Waals surface area contributed by atoms with Crippen LogP contribution < -0.4 is 0 Å². The van der Waals surface area contributed by atoms with Crippen molar-refractivity contribution in [2.45, 2.75) is 45.4 Å². The number of rotatable bonds is 8. The molecule has 0 fully saturated rings. The molecule has 7 heteroatoms. The highest BCUT2D eigenvalue weighted by Gasteiger charge is 2.02. The van der Waals surface area contributed by atoms with E-state index in [2.05, 4.69) is 47.4 Å².